The van der Waals surface area contributed by atoms with Crippen LogP contribution in [0.1, 0.15) is 5.56 Å². The van der Waals surface area contributed by atoms with Crippen LogP contribution in [0.3, 0.4) is 0 Å². The second-order valence-electron chi connectivity index (χ2n) is 7.64. The van der Waals surface area contributed by atoms with E-state index in [1.807, 2.05) is 49.5 Å². The molecule has 0 radical (unpaired) electrons. The molecule has 0 aliphatic carbocycles. The number of nitrogens with zero attached hydrogens (tertiary/aromatic N) is 4. The molecule has 0 bridgehead atoms. The lowest BCUT2D eigenvalue weighted by molar-refractivity contribution is 0.631. The minimum Gasteiger partial charge on any atom is -0.338 e. The molecule has 5 heterocycles. The van der Waals surface area contributed by atoms with Crippen molar-refractivity contribution in [2.24, 2.45) is 0 Å². The molecule has 0 atom stereocenters. The second-order valence-corrected chi connectivity index (χ2v) is 7.64. The van der Waals surface area contributed by atoms with Gasteiger partial charge in [0.1, 0.15) is 22.7 Å². The van der Waals surface area contributed by atoms with Gasteiger partial charge < -0.3 is 4.98 Å². The lowest BCUT2D eigenvalue weighted by Gasteiger charge is -2.04. The van der Waals surface area contributed by atoms with E-state index in [0.717, 1.165) is 44.5 Å². The number of H-pyrrole nitrogens is 2. The fraction of sp³-hybridized carbons (Fsp3) is 0.0400. The molecule has 0 unspecified atom stereocenters. The summed E-state index contributed by atoms with van der Waals surface area (Å²) in [6.07, 6.45) is 5.26. The Balaban J connectivity index is 1.53. The van der Waals surface area contributed by atoms with E-state index in [2.05, 4.69) is 25.1 Å². The molecule has 154 valence electrons. The van der Waals surface area contributed by atoms with Crippen molar-refractivity contribution in [1.82, 2.24) is 30.1 Å². The zero-order chi connectivity index (χ0) is 21.7. The third-order valence-corrected chi connectivity index (χ3v) is 5.67. The van der Waals surface area contributed by atoms with E-state index in [1.165, 1.54) is 6.07 Å². The van der Waals surface area contributed by atoms with E-state index < -0.39 is 0 Å². The van der Waals surface area contributed by atoms with Gasteiger partial charge in [0.2, 0.25) is 0 Å². The van der Waals surface area contributed by atoms with Gasteiger partial charge in [-0.05, 0) is 54.4 Å². The number of pyridine rings is 3. The average molecular weight is 420 g/mol. The van der Waals surface area contributed by atoms with Gasteiger partial charge in [-0.3, -0.25) is 10.1 Å². The van der Waals surface area contributed by atoms with Crippen molar-refractivity contribution in [3.05, 3.63) is 84.6 Å². The van der Waals surface area contributed by atoms with Gasteiger partial charge in [0.15, 0.2) is 0 Å². The predicted octanol–water partition coefficient (Wildman–Crippen LogP) is 5.68. The fourth-order valence-electron chi connectivity index (χ4n) is 4.04. The van der Waals surface area contributed by atoms with Gasteiger partial charge in [0.05, 0.1) is 16.9 Å². The number of nitrogens with one attached hydrogen (secondary N) is 2. The molecule has 0 fully saturated rings. The van der Waals surface area contributed by atoms with E-state index in [4.69, 9.17) is 4.98 Å². The van der Waals surface area contributed by atoms with Crippen LogP contribution in [0.15, 0.2) is 73.2 Å². The molecule has 6 rings (SSSR count). The molecule has 0 aliphatic rings. The molecule has 0 saturated carbocycles. The Morgan fingerprint density at radius 2 is 1.81 bits per heavy atom. The van der Waals surface area contributed by atoms with Gasteiger partial charge in [-0.25, -0.2) is 14.4 Å². The zero-order valence-corrected chi connectivity index (χ0v) is 17.1. The monoisotopic (exact) mass is 420 g/mol. The number of hydrogen-bond acceptors (Lipinski definition) is 4. The molecule has 2 N–H and O–H groups in total. The molecule has 0 spiro atoms. The molecule has 0 amide bonds. The second kappa shape index (κ2) is 7.09. The smallest absolute Gasteiger partial charge is 0.138 e. The van der Waals surface area contributed by atoms with Crippen molar-refractivity contribution in [3.8, 4) is 33.8 Å². The molecule has 6 aromatic rings. The minimum absolute atomic E-state index is 0.272. The number of rotatable bonds is 3. The van der Waals surface area contributed by atoms with E-state index in [1.54, 1.807) is 24.5 Å². The van der Waals surface area contributed by atoms with E-state index in [-0.39, 0.29) is 5.82 Å². The van der Waals surface area contributed by atoms with E-state index in [9.17, 15) is 4.39 Å². The largest absolute Gasteiger partial charge is 0.338 e. The highest BCUT2D eigenvalue weighted by molar-refractivity contribution is 5.99. The van der Waals surface area contributed by atoms with Crippen molar-refractivity contribution in [2.45, 2.75) is 6.92 Å². The first-order valence-electron chi connectivity index (χ1n) is 10.2. The highest BCUT2D eigenvalue weighted by Crippen LogP contribution is 2.34. The van der Waals surface area contributed by atoms with Gasteiger partial charge in [0, 0.05) is 35.1 Å². The SMILES string of the molecule is Cc1ccncc1-c1ccc2[nH]nc(-c3cc4c(-c5ccccc5F)ccnc4[nH]3)c2n1. The number of benzene rings is 1. The van der Waals surface area contributed by atoms with Crippen LogP contribution in [0, 0.1) is 12.7 Å². The van der Waals surface area contributed by atoms with E-state index >= 15 is 0 Å². The molecule has 7 heteroatoms. The summed E-state index contributed by atoms with van der Waals surface area (Å²) in [5.74, 6) is -0.272. The summed E-state index contributed by atoms with van der Waals surface area (Å²) in [5.41, 5.74) is 7.87. The Bertz CT molecular complexity index is 1610. The molecule has 6 nitrogen and oxygen atoms in total. The molecular weight excluding hydrogens is 403 g/mol. The molecule has 1 aromatic carbocycles. The van der Waals surface area contributed by atoms with Crippen molar-refractivity contribution < 1.29 is 4.39 Å². The maximum absolute atomic E-state index is 14.5. The van der Waals surface area contributed by atoms with Crippen LogP contribution >= 0.6 is 0 Å². The molecule has 0 saturated heterocycles. The highest BCUT2D eigenvalue weighted by atomic mass is 19.1. The summed E-state index contributed by atoms with van der Waals surface area (Å²) in [4.78, 5) is 16.9. The summed E-state index contributed by atoms with van der Waals surface area (Å²) < 4.78 is 14.5. The van der Waals surface area contributed by atoms with Crippen LogP contribution in [0.5, 0.6) is 0 Å². The van der Waals surface area contributed by atoms with E-state index in [0.29, 0.717) is 16.9 Å². The van der Waals surface area contributed by atoms with Gasteiger partial charge >= 0.3 is 0 Å². The van der Waals surface area contributed by atoms with Crippen molar-refractivity contribution in [1.29, 1.82) is 0 Å². The lowest BCUT2D eigenvalue weighted by atomic mass is 10.0. The number of aromatic nitrogens is 6. The molecule has 5 aromatic heterocycles. The maximum Gasteiger partial charge on any atom is 0.138 e. The number of fused-ring (bicyclic) bond motifs is 2. The average Bonchev–Trinajstić information content (AvgIpc) is 3.43. The first-order chi connectivity index (χ1) is 15.7. The van der Waals surface area contributed by atoms with Crippen molar-refractivity contribution in [3.63, 3.8) is 0 Å². The number of aryl methyl sites for hydroxylation is 1. The van der Waals surface area contributed by atoms with Crippen LogP contribution in [-0.4, -0.2) is 30.1 Å². The van der Waals surface area contributed by atoms with Gasteiger partial charge in [-0.15, -0.1) is 0 Å². The predicted molar refractivity (Wildman–Crippen MR) is 122 cm³/mol. The third-order valence-electron chi connectivity index (χ3n) is 5.67. The third kappa shape index (κ3) is 2.86. The Labute approximate surface area is 182 Å². The van der Waals surface area contributed by atoms with Crippen LogP contribution in [-0.2, 0) is 0 Å². The number of halogens is 1. The van der Waals surface area contributed by atoms with Gasteiger partial charge in [0.25, 0.3) is 0 Å². The number of aromatic amines is 2. The normalized spacial score (nSPS) is 11.4. The summed E-state index contributed by atoms with van der Waals surface area (Å²) in [7, 11) is 0. The van der Waals surface area contributed by atoms with Crippen molar-refractivity contribution >= 4 is 22.1 Å². The number of hydrogen-bond donors (Lipinski definition) is 2. The lowest BCUT2D eigenvalue weighted by Crippen LogP contribution is -1.89. The van der Waals surface area contributed by atoms with Crippen LogP contribution in [0.2, 0.25) is 0 Å². The standard InChI is InChI=1S/C25H17FN6/c1-14-8-10-27-13-18(14)20-6-7-21-23(29-20)24(32-31-21)22-12-17-15(9-11-28-25(17)30-22)16-4-2-3-5-19(16)26/h2-13H,1H3,(H,28,30)(H,31,32). The molecule has 32 heavy (non-hydrogen) atoms. The fourth-order valence-corrected chi connectivity index (χ4v) is 4.04. The maximum atomic E-state index is 14.5. The summed E-state index contributed by atoms with van der Waals surface area (Å²) in [5, 5.41) is 8.38. The highest BCUT2D eigenvalue weighted by Gasteiger charge is 2.17. The Morgan fingerprint density at radius 3 is 2.69 bits per heavy atom. The van der Waals surface area contributed by atoms with Gasteiger partial charge in [-0.2, -0.15) is 5.10 Å². The first kappa shape index (κ1) is 18.4. The summed E-state index contributed by atoms with van der Waals surface area (Å²) in [6, 6.07) is 16.4. The van der Waals surface area contributed by atoms with Crippen LogP contribution < -0.4 is 0 Å². The molecule has 0 aliphatic heterocycles. The van der Waals surface area contributed by atoms with Crippen LogP contribution in [0.4, 0.5) is 4.39 Å². The topological polar surface area (TPSA) is 83.1 Å². The Hall–Kier alpha value is -4.39. The van der Waals surface area contributed by atoms with Crippen LogP contribution in [0.25, 0.3) is 55.8 Å². The van der Waals surface area contributed by atoms with Gasteiger partial charge in [-0.1, -0.05) is 18.2 Å². The zero-order valence-electron chi connectivity index (χ0n) is 17.1. The first-order valence-corrected chi connectivity index (χ1v) is 10.2. The molecular formula is C25H17FN6. The minimum atomic E-state index is -0.272. The quantitative estimate of drug-likeness (QED) is 0.386. The summed E-state index contributed by atoms with van der Waals surface area (Å²) >= 11 is 0. The van der Waals surface area contributed by atoms with Crippen molar-refractivity contribution in [2.75, 3.05) is 0 Å². The Morgan fingerprint density at radius 1 is 0.906 bits per heavy atom. The Kier molecular flexibility index (Phi) is 4.07. The summed E-state index contributed by atoms with van der Waals surface area (Å²) in [6.45, 7) is 2.03.